The Hall–Kier alpha value is -2.38. The average Bonchev–Trinajstić information content (AvgIpc) is 2.53. The van der Waals surface area contributed by atoms with Crippen molar-refractivity contribution in [2.75, 3.05) is 18.1 Å². The first kappa shape index (κ1) is 13.6. The number of rotatable bonds is 2. The largest absolute Gasteiger partial charge is 0.394 e. The number of hydrogen-bond donors (Lipinski definition) is 1. The van der Waals surface area contributed by atoms with Crippen LogP contribution in [-0.4, -0.2) is 23.2 Å². The molecule has 1 atom stereocenters. The van der Waals surface area contributed by atoms with Crippen LogP contribution in [0.4, 0.5) is 5.82 Å². The maximum Gasteiger partial charge on any atom is 0.129 e. The van der Waals surface area contributed by atoms with E-state index >= 15 is 0 Å². The fourth-order valence-electron chi connectivity index (χ4n) is 2.95. The number of nitriles is 1. The summed E-state index contributed by atoms with van der Waals surface area (Å²) in [6, 6.07) is 13.9. The molecule has 21 heavy (non-hydrogen) atoms. The zero-order chi connectivity index (χ0) is 14.8. The first-order chi connectivity index (χ1) is 10.2. The molecule has 1 aromatic heterocycles. The van der Waals surface area contributed by atoms with Crippen LogP contribution in [0.15, 0.2) is 36.4 Å². The summed E-state index contributed by atoms with van der Waals surface area (Å²) in [5, 5.41) is 18.8. The van der Waals surface area contributed by atoms with E-state index in [2.05, 4.69) is 28.1 Å². The summed E-state index contributed by atoms with van der Waals surface area (Å²) in [5.74, 6) is 0.819. The van der Waals surface area contributed by atoms with Crippen molar-refractivity contribution >= 4 is 5.82 Å². The molecule has 0 spiro atoms. The van der Waals surface area contributed by atoms with Crippen LogP contribution in [0, 0.1) is 18.3 Å². The highest BCUT2D eigenvalue weighted by atomic mass is 16.3. The molecule has 106 valence electrons. The smallest absolute Gasteiger partial charge is 0.129 e. The van der Waals surface area contributed by atoms with Gasteiger partial charge in [0.25, 0.3) is 0 Å². The molecular formula is C17H17N3O. The van der Waals surface area contributed by atoms with Crippen molar-refractivity contribution in [3.63, 3.8) is 0 Å². The van der Waals surface area contributed by atoms with Crippen LogP contribution >= 0.6 is 0 Å². The zero-order valence-electron chi connectivity index (χ0n) is 12.0. The van der Waals surface area contributed by atoms with E-state index < -0.39 is 0 Å². The summed E-state index contributed by atoms with van der Waals surface area (Å²) in [5.41, 5.74) is 3.77. The van der Waals surface area contributed by atoms with Crippen LogP contribution in [0.1, 0.15) is 28.4 Å². The molecule has 1 aliphatic rings. The third-order valence-electron chi connectivity index (χ3n) is 4.07. The van der Waals surface area contributed by atoms with Crippen molar-refractivity contribution in [2.45, 2.75) is 19.4 Å². The average molecular weight is 279 g/mol. The lowest BCUT2D eigenvalue weighted by Gasteiger charge is -2.37. The van der Waals surface area contributed by atoms with Crippen molar-refractivity contribution in [3.8, 4) is 6.07 Å². The van der Waals surface area contributed by atoms with Crippen LogP contribution in [0.25, 0.3) is 0 Å². The van der Waals surface area contributed by atoms with E-state index in [4.69, 9.17) is 5.26 Å². The molecule has 3 rings (SSSR count). The van der Waals surface area contributed by atoms with Crippen molar-refractivity contribution in [2.24, 2.45) is 0 Å². The number of aliphatic hydroxyl groups is 1. The van der Waals surface area contributed by atoms with Gasteiger partial charge in [-0.15, -0.1) is 0 Å². The van der Waals surface area contributed by atoms with Gasteiger partial charge in [-0.1, -0.05) is 24.3 Å². The minimum Gasteiger partial charge on any atom is -0.394 e. The van der Waals surface area contributed by atoms with E-state index in [1.807, 2.05) is 25.1 Å². The molecule has 0 fully saturated rings. The second kappa shape index (κ2) is 5.55. The summed E-state index contributed by atoms with van der Waals surface area (Å²) in [7, 11) is 0. The minimum atomic E-state index is -0.0743. The molecular weight excluding hydrogens is 262 g/mol. The minimum absolute atomic E-state index is 0.0533. The van der Waals surface area contributed by atoms with Gasteiger partial charge in [-0.2, -0.15) is 5.26 Å². The van der Waals surface area contributed by atoms with Crippen molar-refractivity contribution < 1.29 is 5.11 Å². The molecule has 1 N–H and O–H groups in total. The second-order valence-corrected chi connectivity index (χ2v) is 5.25. The van der Waals surface area contributed by atoms with E-state index in [9.17, 15) is 5.11 Å². The highest BCUT2D eigenvalue weighted by Crippen LogP contribution is 2.32. The first-order valence-electron chi connectivity index (χ1n) is 7.07. The van der Waals surface area contributed by atoms with Gasteiger partial charge in [0.05, 0.1) is 23.9 Å². The molecule has 1 unspecified atom stereocenters. The normalized spacial score (nSPS) is 17.2. The maximum absolute atomic E-state index is 9.82. The fourth-order valence-corrected chi connectivity index (χ4v) is 2.95. The van der Waals surface area contributed by atoms with Gasteiger partial charge in [0, 0.05) is 6.54 Å². The molecule has 2 heterocycles. The summed E-state index contributed by atoms with van der Waals surface area (Å²) in [6.45, 7) is 2.71. The third kappa shape index (κ3) is 2.37. The molecule has 2 aromatic rings. The number of aliphatic hydroxyl groups excluding tert-OH is 1. The Morgan fingerprint density at radius 2 is 2.14 bits per heavy atom. The zero-order valence-corrected chi connectivity index (χ0v) is 12.0. The lowest BCUT2D eigenvalue weighted by molar-refractivity contribution is 0.256. The monoisotopic (exact) mass is 279 g/mol. The predicted octanol–water partition coefficient (Wildman–Crippen LogP) is 2.36. The lowest BCUT2D eigenvalue weighted by Crippen LogP contribution is -2.38. The van der Waals surface area contributed by atoms with E-state index in [-0.39, 0.29) is 12.6 Å². The molecule has 0 saturated carbocycles. The Morgan fingerprint density at radius 3 is 2.86 bits per heavy atom. The number of nitrogens with zero attached hydrogens (tertiary/aromatic N) is 3. The van der Waals surface area contributed by atoms with E-state index in [1.165, 1.54) is 5.56 Å². The molecule has 0 radical (unpaired) electrons. The predicted molar refractivity (Wildman–Crippen MR) is 81.0 cm³/mol. The fraction of sp³-hybridized carbons (Fsp3) is 0.294. The highest BCUT2D eigenvalue weighted by molar-refractivity contribution is 5.50. The number of hydrogen-bond acceptors (Lipinski definition) is 4. The third-order valence-corrected chi connectivity index (χ3v) is 4.07. The van der Waals surface area contributed by atoms with Crippen LogP contribution < -0.4 is 4.90 Å². The molecule has 1 aliphatic heterocycles. The number of pyridine rings is 1. The standard InChI is InChI=1S/C17H17N3O/c1-12-14(10-18)6-7-17(19-12)20-9-8-13-4-2-3-5-15(13)16(20)11-21/h2-7,16,21H,8-9,11H2,1H3. The Bertz CT molecular complexity index is 705. The van der Waals surface area contributed by atoms with Gasteiger partial charge in [-0.25, -0.2) is 4.98 Å². The van der Waals surface area contributed by atoms with E-state index in [1.54, 1.807) is 6.07 Å². The number of benzene rings is 1. The van der Waals surface area contributed by atoms with Gasteiger partial charge in [0.2, 0.25) is 0 Å². The van der Waals surface area contributed by atoms with E-state index in [0.29, 0.717) is 5.56 Å². The molecule has 4 nitrogen and oxygen atoms in total. The van der Waals surface area contributed by atoms with E-state index in [0.717, 1.165) is 30.0 Å². The van der Waals surface area contributed by atoms with Crippen LogP contribution in [-0.2, 0) is 6.42 Å². The van der Waals surface area contributed by atoms with Gasteiger partial charge in [0.15, 0.2) is 0 Å². The van der Waals surface area contributed by atoms with Gasteiger partial charge in [-0.3, -0.25) is 0 Å². The van der Waals surface area contributed by atoms with Crippen LogP contribution in [0.5, 0.6) is 0 Å². The summed E-state index contributed by atoms with van der Waals surface area (Å²) in [4.78, 5) is 6.65. The lowest BCUT2D eigenvalue weighted by atomic mass is 9.93. The van der Waals surface area contributed by atoms with Gasteiger partial charge in [0.1, 0.15) is 11.9 Å². The van der Waals surface area contributed by atoms with Crippen LogP contribution in [0.2, 0.25) is 0 Å². The Labute approximate surface area is 124 Å². The molecule has 0 bridgehead atoms. The maximum atomic E-state index is 9.82. The quantitative estimate of drug-likeness (QED) is 0.916. The van der Waals surface area contributed by atoms with Gasteiger partial charge in [-0.05, 0) is 36.6 Å². The first-order valence-corrected chi connectivity index (χ1v) is 7.07. The highest BCUT2D eigenvalue weighted by Gasteiger charge is 2.27. The SMILES string of the molecule is Cc1nc(N2CCc3ccccc3C2CO)ccc1C#N. The Balaban J connectivity index is 2.00. The number of anilines is 1. The molecule has 0 amide bonds. The van der Waals surface area contributed by atoms with Crippen LogP contribution in [0.3, 0.4) is 0 Å². The Kier molecular flexibility index (Phi) is 3.59. The molecule has 0 saturated heterocycles. The molecule has 0 aliphatic carbocycles. The van der Waals surface area contributed by atoms with Crippen molar-refractivity contribution in [1.82, 2.24) is 4.98 Å². The van der Waals surface area contributed by atoms with Gasteiger partial charge >= 0.3 is 0 Å². The second-order valence-electron chi connectivity index (χ2n) is 5.25. The summed E-state index contributed by atoms with van der Waals surface area (Å²) < 4.78 is 0. The summed E-state index contributed by atoms with van der Waals surface area (Å²) in [6.07, 6.45) is 0.938. The van der Waals surface area contributed by atoms with Crippen molar-refractivity contribution in [3.05, 3.63) is 58.8 Å². The number of aromatic nitrogens is 1. The van der Waals surface area contributed by atoms with Gasteiger partial charge < -0.3 is 10.0 Å². The Morgan fingerprint density at radius 1 is 1.33 bits per heavy atom. The molecule has 1 aromatic carbocycles. The number of aryl methyl sites for hydroxylation is 1. The van der Waals surface area contributed by atoms with Crippen molar-refractivity contribution in [1.29, 1.82) is 5.26 Å². The topological polar surface area (TPSA) is 60.1 Å². The summed E-state index contributed by atoms with van der Waals surface area (Å²) >= 11 is 0. The molecule has 4 heteroatoms. The number of fused-ring (bicyclic) bond motifs is 1.